The van der Waals surface area contributed by atoms with E-state index in [2.05, 4.69) is 10.3 Å². The van der Waals surface area contributed by atoms with Gasteiger partial charge in [0.1, 0.15) is 11.5 Å². The number of aromatic nitrogens is 1. The predicted molar refractivity (Wildman–Crippen MR) is 83.1 cm³/mol. The number of halogens is 1. The third-order valence-corrected chi connectivity index (χ3v) is 4.28. The van der Waals surface area contributed by atoms with Gasteiger partial charge in [-0.2, -0.15) is 0 Å². The van der Waals surface area contributed by atoms with Crippen molar-refractivity contribution in [1.82, 2.24) is 10.3 Å². The highest BCUT2D eigenvalue weighted by molar-refractivity contribution is 5.98. The molecule has 0 aliphatic heterocycles. The predicted octanol–water partition coefficient (Wildman–Crippen LogP) is 3.73. The second kappa shape index (κ2) is 4.70. The molecule has 1 fully saturated rings. The highest BCUT2D eigenvalue weighted by atomic mass is 19.1. The molecule has 0 saturated heterocycles. The van der Waals surface area contributed by atoms with E-state index in [0.717, 1.165) is 18.4 Å². The minimum absolute atomic E-state index is 0.197. The first-order valence-electron chi connectivity index (χ1n) is 7.33. The molecule has 1 aliphatic rings. The molecule has 4 heteroatoms. The molecule has 1 amide bonds. The van der Waals surface area contributed by atoms with Crippen molar-refractivity contribution in [3.05, 3.63) is 71.7 Å². The van der Waals surface area contributed by atoms with Crippen LogP contribution in [0, 0.1) is 5.82 Å². The van der Waals surface area contributed by atoms with Gasteiger partial charge in [-0.05, 0) is 30.5 Å². The van der Waals surface area contributed by atoms with Gasteiger partial charge in [0, 0.05) is 5.39 Å². The van der Waals surface area contributed by atoms with E-state index < -0.39 is 0 Å². The molecule has 1 aliphatic carbocycles. The van der Waals surface area contributed by atoms with Crippen molar-refractivity contribution >= 4 is 16.8 Å². The molecule has 1 heterocycles. The van der Waals surface area contributed by atoms with E-state index in [9.17, 15) is 9.18 Å². The lowest BCUT2D eigenvalue weighted by molar-refractivity contribution is 0.0926. The number of para-hydroxylation sites is 1. The summed E-state index contributed by atoms with van der Waals surface area (Å²) in [7, 11) is 0. The first-order chi connectivity index (χ1) is 10.7. The number of benzene rings is 2. The Labute approximate surface area is 127 Å². The molecular weight excluding hydrogens is 279 g/mol. The summed E-state index contributed by atoms with van der Waals surface area (Å²) >= 11 is 0. The van der Waals surface area contributed by atoms with E-state index in [4.69, 9.17) is 0 Å². The Hall–Kier alpha value is -2.62. The number of H-pyrrole nitrogens is 1. The third-order valence-electron chi connectivity index (χ3n) is 4.28. The van der Waals surface area contributed by atoms with Crippen molar-refractivity contribution in [1.29, 1.82) is 0 Å². The average molecular weight is 294 g/mol. The topological polar surface area (TPSA) is 44.9 Å². The lowest BCUT2D eigenvalue weighted by Gasteiger charge is -2.17. The second-order valence-electron chi connectivity index (χ2n) is 5.79. The van der Waals surface area contributed by atoms with Crippen LogP contribution in [0.3, 0.4) is 0 Å². The molecular formula is C18H15FN2O. The first-order valence-corrected chi connectivity index (χ1v) is 7.33. The number of aromatic amines is 1. The third kappa shape index (κ3) is 2.08. The summed E-state index contributed by atoms with van der Waals surface area (Å²) in [4.78, 5) is 15.4. The van der Waals surface area contributed by atoms with E-state index >= 15 is 0 Å². The summed E-state index contributed by atoms with van der Waals surface area (Å²) in [6.45, 7) is 0. The molecule has 22 heavy (non-hydrogen) atoms. The van der Waals surface area contributed by atoms with Gasteiger partial charge in [0.2, 0.25) is 0 Å². The van der Waals surface area contributed by atoms with Gasteiger partial charge in [-0.1, -0.05) is 42.5 Å². The maximum Gasteiger partial charge on any atom is 0.268 e. The molecule has 3 aromatic rings. The molecule has 2 aromatic carbocycles. The Balaban J connectivity index is 1.63. The van der Waals surface area contributed by atoms with Gasteiger partial charge in [-0.25, -0.2) is 4.39 Å². The number of hydrogen-bond acceptors (Lipinski definition) is 1. The molecule has 110 valence electrons. The van der Waals surface area contributed by atoms with Crippen LogP contribution < -0.4 is 5.32 Å². The second-order valence-corrected chi connectivity index (χ2v) is 5.79. The molecule has 3 nitrogen and oxygen atoms in total. The highest BCUT2D eigenvalue weighted by Gasteiger charge is 2.45. The summed E-state index contributed by atoms with van der Waals surface area (Å²) in [5, 5.41) is 3.79. The maximum absolute atomic E-state index is 13.7. The Morgan fingerprint density at radius 3 is 2.55 bits per heavy atom. The van der Waals surface area contributed by atoms with Crippen molar-refractivity contribution in [3.8, 4) is 0 Å². The van der Waals surface area contributed by atoms with Crippen molar-refractivity contribution in [3.63, 3.8) is 0 Å². The van der Waals surface area contributed by atoms with E-state index in [1.807, 2.05) is 30.3 Å². The minimum atomic E-state index is -0.347. The van der Waals surface area contributed by atoms with E-state index in [0.29, 0.717) is 16.6 Å². The van der Waals surface area contributed by atoms with Crippen molar-refractivity contribution in [2.24, 2.45) is 0 Å². The standard InChI is InChI=1S/C18H15FN2O/c19-14-8-4-5-12-11-15(20-16(12)14)17(22)21-18(9-10-18)13-6-2-1-3-7-13/h1-8,11,20H,9-10H2,(H,21,22). The number of nitrogens with one attached hydrogen (secondary N) is 2. The van der Waals surface area contributed by atoms with Gasteiger partial charge in [-0.15, -0.1) is 0 Å². The number of amides is 1. The van der Waals surface area contributed by atoms with E-state index in [1.165, 1.54) is 6.07 Å². The fourth-order valence-corrected chi connectivity index (χ4v) is 2.89. The molecule has 0 spiro atoms. The average Bonchev–Trinajstić information content (AvgIpc) is 3.17. The fraction of sp³-hybridized carbons (Fsp3) is 0.167. The van der Waals surface area contributed by atoms with Crippen LogP contribution in [0.2, 0.25) is 0 Å². The van der Waals surface area contributed by atoms with Crippen LogP contribution in [0.1, 0.15) is 28.9 Å². The minimum Gasteiger partial charge on any atom is -0.348 e. The molecule has 1 saturated carbocycles. The smallest absolute Gasteiger partial charge is 0.268 e. The zero-order valence-electron chi connectivity index (χ0n) is 11.9. The summed E-state index contributed by atoms with van der Waals surface area (Å²) in [6, 6.07) is 16.5. The van der Waals surface area contributed by atoms with Crippen molar-refractivity contribution in [2.75, 3.05) is 0 Å². The largest absolute Gasteiger partial charge is 0.348 e. The van der Waals surface area contributed by atoms with Crippen molar-refractivity contribution < 1.29 is 9.18 Å². The summed E-state index contributed by atoms with van der Waals surface area (Å²) in [6.07, 6.45) is 1.86. The SMILES string of the molecule is O=C(NC1(c2ccccc2)CC1)c1cc2cccc(F)c2[nH]1. The highest BCUT2D eigenvalue weighted by Crippen LogP contribution is 2.45. The van der Waals surface area contributed by atoms with Crippen LogP contribution >= 0.6 is 0 Å². The summed E-state index contributed by atoms with van der Waals surface area (Å²) in [5.41, 5.74) is 1.61. The lowest BCUT2D eigenvalue weighted by atomic mass is 10.0. The Kier molecular flexibility index (Phi) is 2.79. The zero-order valence-corrected chi connectivity index (χ0v) is 11.9. The van der Waals surface area contributed by atoms with Gasteiger partial charge < -0.3 is 10.3 Å². The number of fused-ring (bicyclic) bond motifs is 1. The van der Waals surface area contributed by atoms with Crippen LogP contribution in [-0.2, 0) is 5.54 Å². The lowest BCUT2D eigenvalue weighted by Crippen LogP contribution is -2.35. The number of hydrogen-bond donors (Lipinski definition) is 2. The van der Waals surface area contributed by atoms with Crippen LogP contribution in [0.25, 0.3) is 10.9 Å². The number of carbonyl (C=O) groups excluding carboxylic acids is 1. The van der Waals surface area contributed by atoms with Gasteiger partial charge in [-0.3, -0.25) is 4.79 Å². The fourth-order valence-electron chi connectivity index (χ4n) is 2.89. The zero-order chi connectivity index (χ0) is 15.2. The van der Waals surface area contributed by atoms with Gasteiger partial charge in [0.15, 0.2) is 0 Å². The summed E-state index contributed by atoms with van der Waals surface area (Å²) < 4.78 is 13.7. The monoisotopic (exact) mass is 294 g/mol. The quantitative estimate of drug-likeness (QED) is 0.759. The Bertz CT molecular complexity index is 850. The molecule has 0 radical (unpaired) electrons. The molecule has 0 atom stereocenters. The molecule has 0 bridgehead atoms. The Morgan fingerprint density at radius 1 is 1.09 bits per heavy atom. The molecule has 1 aromatic heterocycles. The first kappa shape index (κ1) is 13.1. The molecule has 0 unspecified atom stereocenters. The normalized spacial score (nSPS) is 15.7. The van der Waals surface area contributed by atoms with E-state index in [-0.39, 0.29) is 17.3 Å². The van der Waals surface area contributed by atoms with Gasteiger partial charge >= 0.3 is 0 Å². The summed E-state index contributed by atoms with van der Waals surface area (Å²) in [5.74, 6) is -0.544. The van der Waals surface area contributed by atoms with Crippen molar-refractivity contribution in [2.45, 2.75) is 18.4 Å². The Morgan fingerprint density at radius 2 is 1.86 bits per heavy atom. The van der Waals surface area contributed by atoms with Crippen LogP contribution in [0.5, 0.6) is 0 Å². The van der Waals surface area contributed by atoms with Gasteiger partial charge in [0.05, 0.1) is 11.1 Å². The molecule has 4 rings (SSSR count). The van der Waals surface area contributed by atoms with E-state index in [1.54, 1.807) is 18.2 Å². The molecule has 2 N–H and O–H groups in total. The van der Waals surface area contributed by atoms with Crippen LogP contribution in [0.15, 0.2) is 54.6 Å². The maximum atomic E-state index is 13.7. The van der Waals surface area contributed by atoms with Crippen LogP contribution in [-0.4, -0.2) is 10.9 Å². The van der Waals surface area contributed by atoms with Crippen LogP contribution in [0.4, 0.5) is 4.39 Å². The number of carbonyl (C=O) groups is 1. The van der Waals surface area contributed by atoms with Gasteiger partial charge in [0.25, 0.3) is 5.91 Å². The number of rotatable bonds is 3.